The maximum atomic E-state index is 12.4. The van der Waals surface area contributed by atoms with Crippen molar-refractivity contribution in [2.75, 3.05) is 13.7 Å². The number of aliphatic hydroxyl groups is 1. The van der Waals surface area contributed by atoms with E-state index in [9.17, 15) is 13.5 Å². The number of benzene rings is 1. The molecule has 7 heteroatoms. The van der Waals surface area contributed by atoms with E-state index < -0.39 is 16.1 Å². The van der Waals surface area contributed by atoms with Crippen molar-refractivity contribution in [2.45, 2.75) is 43.1 Å². The van der Waals surface area contributed by atoms with Gasteiger partial charge >= 0.3 is 0 Å². The van der Waals surface area contributed by atoms with Crippen LogP contribution < -0.4 is 9.46 Å². The fraction of sp³-hybridized carbons (Fsp3) is 0.600. The third-order valence-electron chi connectivity index (χ3n) is 4.09. The Hall–Kier alpha value is -0.820. The van der Waals surface area contributed by atoms with Crippen molar-refractivity contribution in [3.63, 3.8) is 0 Å². The minimum Gasteiger partial charge on any atom is -0.495 e. The highest BCUT2D eigenvalue weighted by atomic mass is 35.5. The number of aliphatic hydroxyl groups excluding tert-OH is 1. The first-order valence-corrected chi connectivity index (χ1v) is 9.31. The second-order valence-corrected chi connectivity index (χ2v) is 7.78. The van der Waals surface area contributed by atoms with Crippen LogP contribution in [-0.4, -0.2) is 33.3 Å². The molecule has 1 aromatic rings. The van der Waals surface area contributed by atoms with Crippen molar-refractivity contribution in [2.24, 2.45) is 5.92 Å². The average Bonchev–Trinajstić information content (AvgIpc) is 2.53. The maximum Gasteiger partial charge on any atom is 0.244 e. The summed E-state index contributed by atoms with van der Waals surface area (Å²) in [6, 6.07) is 4.42. The van der Waals surface area contributed by atoms with E-state index >= 15 is 0 Å². The molecule has 1 aliphatic carbocycles. The van der Waals surface area contributed by atoms with Crippen LogP contribution in [0.25, 0.3) is 0 Å². The number of ether oxygens (including phenoxy) is 1. The predicted molar refractivity (Wildman–Crippen MR) is 85.8 cm³/mol. The molecule has 2 rings (SSSR count). The van der Waals surface area contributed by atoms with Crippen molar-refractivity contribution in [3.05, 3.63) is 23.2 Å². The van der Waals surface area contributed by atoms with Gasteiger partial charge in [-0.15, -0.1) is 0 Å². The lowest BCUT2D eigenvalue weighted by atomic mass is 9.85. The quantitative estimate of drug-likeness (QED) is 0.829. The van der Waals surface area contributed by atoms with Gasteiger partial charge in [0.1, 0.15) is 10.6 Å². The molecular formula is C15H22ClNO4S. The van der Waals surface area contributed by atoms with E-state index in [1.807, 2.05) is 0 Å². The van der Waals surface area contributed by atoms with Gasteiger partial charge < -0.3 is 9.84 Å². The van der Waals surface area contributed by atoms with Crippen molar-refractivity contribution in [3.8, 4) is 5.75 Å². The number of rotatable bonds is 6. The molecule has 0 spiro atoms. The minimum atomic E-state index is -3.78. The van der Waals surface area contributed by atoms with Crippen LogP contribution >= 0.6 is 11.6 Å². The highest BCUT2D eigenvalue weighted by molar-refractivity contribution is 7.89. The molecule has 0 aromatic heterocycles. The monoisotopic (exact) mass is 347 g/mol. The summed E-state index contributed by atoms with van der Waals surface area (Å²) in [5, 5.41) is 10.5. The molecule has 0 aliphatic heterocycles. The summed E-state index contributed by atoms with van der Waals surface area (Å²) in [6.45, 7) is 0.00265. The SMILES string of the molecule is COc1ccc(Cl)cc1S(=O)(=O)NCC(O)C1CCCCC1. The Morgan fingerprint density at radius 2 is 2.05 bits per heavy atom. The fourth-order valence-corrected chi connectivity index (χ4v) is 4.30. The summed E-state index contributed by atoms with van der Waals surface area (Å²) in [6.07, 6.45) is 4.61. The number of sulfonamides is 1. The second-order valence-electron chi connectivity index (χ2n) is 5.61. The van der Waals surface area contributed by atoms with Gasteiger partial charge in [0.05, 0.1) is 13.2 Å². The highest BCUT2D eigenvalue weighted by Gasteiger charge is 2.25. The molecule has 1 atom stereocenters. The zero-order valence-electron chi connectivity index (χ0n) is 12.6. The van der Waals surface area contributed by atoms with Crippen molar-refractivity contribution >= 4 is 21.6 Å². The molecule has 5 nitrogen and oxygen atoms in total. The lowest BCUT2D eigenvalue weighted by Crippen LogP contribution is -2.37. The van der Waals surface area contributed by atoms with Crippen LogP contribution in [0.2, 0.25) is 5.02 Å². The smallest absolute Gasteiger partial charge is 0.244 e. The van der Waals surface area contributed by atoms with Crippen LogP contribution in [0.5, 0.6) is 5.75 Å². The lowest BCUT2D eigenvalue weighted by Gasteiger charge is -2.26. The first kappa shape index (κ1) is 17.5. The first-order chi connectivity index (χ1) is 10.4. The Morgan fingerprint density at radius 1 is 1.36 bits per heavy atom. The van der Waals surface area contributed by atoms with Gasteiger partial charge in [-0.25, -0.2) is 13.1 Å². The van der Waals surface area contributed by atoms with Crippen LogP contribution in [0.3, 0.4) is 0 Å². The molecule has 124 valence electrons. The molecular weight excluding hydrogens is 326 g/mol. The Morgan fingerprint density at radius 3 is 2.68 bits per heavy atom. The zero-order valence-corrected chi connectivity index (χ0v) is 14.2. The van der Waals surface area contributed by atoms with Gasteiger partial charge in [0.25, 0.3) is 0 Å². The predicted octanol–water partition coefficient (Wildman–Crippen LogP) is 2.57. The molecule has 0 amide bonds. The minimum absolute atomic E-state index is 0.00265. The van der Waals surface area contributed by atoms with E-state index in [2.05, 4.69) is 4.72 Å². The zero-order chi connectivity index (χ0) is 16.2. The van der Waals surface area contributed by atoms with E-state index in [0.29, 0.717) is 5.02 Å². The Labute approximate surface area is 136 Å². The van der Waals surface area contributed by atoms with E-state index in [1.54, 1.807) is 6.07 Å². The molecule has 1 saturated carbocycles. The van der Waals surface area contributed by atoms with Gasteiger partial charge in [-0.2, -0.15) is 0 Å². The number of nitrogens with one attached hydrogen (secondary N) is 1. The first-order valence-electron chi connectivity index (χ1n) is 7.45. The molecule has 1 fully saturated rings. The number of hydrogen-bond acceptors (Lipinski definition) is 4. The van der Waals surface area contributed by atoms with Gasteiger partial charge in [0.2, 0.25) is 10.0 Å². The van der Waals surface area contributed by atoms with Crippen LogP contribution in [0.4, 0.5) is 0 Å². The molecule has 22 heavy (non-hydrogen) atoms. The van der Waals surface area contributed by atoms with Crippen LogP contribution in [-0.2, 0) is 10.0 Å². The molecule has 1 aromatic carbocycles. The van der Waals surface area contributed by atoms with Crippen molar-refractivity contribution < 1.29 is 18.3 Å². The highest BCUT2D eigenvalue weighted by Crippen LogP contribution is 2.28. The topological polar surface area (TPSA) is 75.6 Å². The molecule has 2 N–H and O–H groups in total. The average molecular weight is 348 g/mol. The molecule has 0 radical (unpaired) electrons. The number of hydrogen-bond donors (Lipinski definition) is 2. The Kier molecular flexibility index (Phi) is 6.09. The number of methoxy groups -OCH3 is 1. The lowest BCUT2D eigenvalue weighted by molar-refractivity contribution is 0.0888. The van der Waals surface area contributed by atoms with E-state index in [1.165, 1.54) is 25.7 Å². The summed E-state index contributed by atoms with van der Waals surface area (Å²) in [5.74, 6) is 0.391. The van der Waals surface area contributed by atoms with E-state index in [0.717, 1.165) is 25.7 Å². The molecule has 1 aliphatic rings. The summed E-state index contributed by atoms with van der Waals surface area (Å²) >= 11 is 5.87. The normalized spacial score (nSPS) is 18.1. The second kappa shape index (κ2) is 7.64. The van der Waals surface area contributed by atoms with Gasteiger partial charge in [-0.3, -0.25) is 0 Å². The summed E-state index contributed by atoms with van der Waals surface area (Å²) in [5.41, 5.74) is 0. The van der Waals surface area contributed by atoms with Gasteiger partial charge in [0.15, 0.2) is 0 Å². The fourth-order valence-electron chi connectivity index (χ4n) is 2.82. The van der Waals surface area contributed by atoms with Gasteiger partial charge in [-0.1, -0.05) is 30.9 Å². The third-order valence-corrected chi connectivity index (χ3v) is 5.77. The number of halogens is 1. The van der Waals surface area contributed by atoms with Crippen LogP contribution in [0.1, 0.15) is 32.1 Å². The largest absolute Gasteiger partial charge is 0.495 e. The summed E-state index contributed by atoms with van der Waals surface area (Å²) < 4.78 is 32.3. The van der Waals surface area contributed by atoms with Gasteiger partial charge in [-0.05, 0) is 37.0 Å². The van der Waals surface area contributed by atoms with Crippen molar-refractivity contribution in [1.82, 2.24) is 4.72 Å². The van der Waals surface area contributed by atoms with Crippen LogP contribution in [0, 0.1) is 5.92 Å². The summed E-state index contributed by atoms with van der Waals surface area (Å²) in [4.78, 5) is -0.0154. The third kappa shape index (κ3) is 4.35. The Bertz CT molecular complexity index is 600. The Balaban J connectivity index is 2.06. The molecule has 0 saturated heterocycles. The van der Waals surface area contributed by atoms with Crippen molar-refractivity contribution in [1.29, 1.82) is 0 Å². The molecule has 0 heterocycles. The van der Waals surface area contributed by atoms with Crippen LogP contribution in [0.15, 0.2) is 23.1 Å². The van der Waals surface area contributed by atoms with E-state index in [4.69, 9.17) is 16.3 Å². The summed E-state index contributed by atoms with van der Waals surface area (Å²) in [7, 11) is -2.38. The van der Waals surface area contributed by atoms with E-state index in [-0.39, 0.29) is 23.1 Å². The van der Waals surface area contributed by atoms with Gasteiger partial charge in [0, 0.05) is 11.6 Å². The maximum absolute atomic E-state index is 12.4. The molecule has 1 unspecified atom stereocenters. The molecule has 0 bridgehead atoms. The standard InChI is InChI=1S/C15H22ClNO4S/c1-21-14-8-7-12(16)9-15(14)22(19,20)17-10-13(18)11-5-3-2-4-6-11/h7-9,11,13,17-18H,2-6,10H2,1H3.